The average Bonchev–Trinajstić information content (AvgIpc) is 0.756. The van der Waals surface area contributed by atoms with E-state index in [1.807, 2.05) is 45.9 Å². The standard InChI is InChI=1S/C21H22O4S.C19H18F6O5S.C19H17S.C18H12F3S.C18H15S.C13H16F2O5S/c1-3-15(2)17-6-7-19-13-20(9-8-18(19)12-17)25-14-16-4-10-21(11-5-16)26(22,23)24;1-3-12(2)13-4-6-14(7-5-13)29-18(22,23)17(20,21)19(24,25)30-15-8-10-16(11-9-15)31(26,27)28;1-16-12-14-19(15-13-16)20(17-8-4-2-5-9-17)18-10-6-3-7-11-18;19-13-1-7-16(8-2-13)22(17-9-3-14(20)4-10-17)18-11-5-15(21)6-12-18;1-4-10-16(11-5-1)19(17-12-6-2-7-13-17)18-14-8-3-9-15-18;1-3-9(2)10-4-6-11(7-5-10)20-12(16)8-13(14,15)21(17,18)19/h4-13,15H,3,14H2,1-2H3,(H,22,23,24);4-12H,3H2,1-2H3,(H,26,27,28);2-15H,1H3;1-12H;1-15H;4-7,9H,3,8H2,1-2H3,(H,17,18,19)/q;;3*+1;/p-3. The van der Waals surface area contributed by atoms with Crippen molar-refractivity contribution >= 4 is 79.8 Å². The Morgan fingerprint density at radius 3 is 0.928 bits per heavy atom. The molecule has 0 radical (unpaired) electrons. The lowest BCUT2D eigenvalue weighted by atomic mass is 9.96. The van der Waals surface area contributed by atoms with E-state index in [-0.39, 0.29) is 55.8 Å². The zero-order valence-corrected chi connectivity index (χ0v) is 80.9. The Kier molecular flexibility index (Phi) is 38.9. The SMILES string of the molecule is CCC(C)c1ccc(OC(=O)CC(F)(F)S(=O)(=O)[O-])cc1.CCC(C)c1ccc(OC(F)(F)C(F)(F)C(F)(F)Oc2ccc(S(=O)(=O)[O-])cc2)cc1.CCC(C)c1ccc2cc(OCc3ccc(S(=O)(=O)[O-])cc3)ccc2c1.Cc1ccc([S+](c2ccccc2)c2ccccc2)cc1.Fc1ccc([S+](c2ccc(F)cc2)c2ccc(F)cc2)cc1.c1ccc([S+](c2ccccc2)c2ccccc2)cc1. The van der Waals surface area contributed by atoms with Crippen LogP contribution < -0.4 is 18.9 Å². The van der Waals surface area contributed by atoms with Gasteiger partial charge >= 0.3 is 29.4 Å². The van der Waals surface area contributed by atoms with Crippen LogP contribution in [0.4, 0.5) is 48.3 Å². The molecule has 0 bridgehead atoms. The number of rotatable bonds is 30. The van der Waals surface area contributed by atoms with Crippen molar-refractivity contribution in [2.45, 2.75) is 176 Å². The predicted octanol–water partition coefficient (Wildman–Crippen LogP) is 27.9. The summed E-state index contributed by atoms with van der Waals surface area (Å²) < 4.78 is 263. The van der Waals surface area contributed by atoms with Gasteiger partial charge in [0, 0.05) is 0 Å². The maximum absolute atomic E-state index is 14.0. The fourth-order valence-corrected chi connectivity index (χ4v) is 20.5. The summed E-state index contributed by atoms with van der Waals surface area (Å²) in [5.41, 5.74) is 5.14. The third kappa shape index (κ3) is 31.5. The molecule has 726 valence electrons. The van der Waals surface area contributed by atoms with Crippen LogP contribution in [0.1, 0.15) is 113 Å². The van der Waals surface area contributed by atoms with Gasteiger partial charge in [0.2, 0.25) is 0 Å². The number of hydrogen-bond donors (Lipinski definition) is 0. The van der Waals surface area contributed by atoms with Crippen molar-refractivity contribution in [2.75, 3.05) is 0 Å². The number of aryl methyl sites for hydroxylation is 1. The van der Waals surface area contributed by atoms with Crippen LogP contribution in [-0.2, 0) is 74.4 Å². The Bertz CT molecular complexity index is 6510. The molecule has 0 fully saturated rings. The minimum Gasteiger partial charge on any atom is -0.744 e. The van der Waals surface area contributed by atoms with Gasteiger partial charge in [-0.05, 0) is 295 Å². The van der Waals surface area contributed by atoms with Gasteiger partial charge < -0.3 is 32.6 Å². The van der Waals surface area contributed by atoms with Gasteiger partial charge in [-0.1, -0.05) is 211 Å². The molecule has 15 aromatic carbocycles. The van der Waals surface area contributed by atoms with E-state index in [0.29, 0.717) is 48.3 Å². The summed E-state index contributed by atoms with van der Waals surface area (Å²) in [5, 5.41) is -2.39. The van der Waals surface area contributed by atoms with Crippen LogP contribution in [-0.4, -0.2) is 68.3 Å². The molecule has 0 spiro atoms. The van der Waals surface area contributed by atoms with Gasteiger partial charge in [0.15, 0.2) is 54.2 Å². The van der Waals surface area contributed by atoms with Gasteiger partial charge in [-0.3, -0.25) is 4.79 Å². The number of halogens is 11. The second-order valence-corrected chi connectivity index (χ2v) is 41.7. The molecule has 0 heterocycles. The number of fused-ring (bicyclic) bond motifs is 1. The molecular weight excluding hydrogens is 1920 g/mol. The molecule has 15 rings (SSSR count). The van der Waals surface area contributed by atoms with Crippen molar-refractivity contribution in [3.8, 4) is 23.0 Å². The molecule has 3 atom stereocenters. The summed E-state index contributed by atoms with van der Waals surface area (Å²) in [4.78, 5) is 21.0. The Balaban J connectivity index is 0.000000173. The zero-order chi connectivity index (χ0) is 101. The summed E-state index contributed by atoms with van der Waals surface area (Å²) in [6, 6.07) is 112. The molecule has 31 heteroatoms. The van der Waals surface area contributed by atoms with Gasteiger partial charge in [0.05, 0.1) is 42.5 Å². The number of esters is 1. The van der Waals surface area contributed by atoms with Crippen LogP contribution in [0.25, 0.3) is 10.8 Å². The van der Waals surface area contributed by atoms with Gasteiger partial charge in [0.1, 0.15) is 73.7 Å². The first-order chi connectivity index (χ1) is 66.0. The smallest absolute Gasteiger partial charge is 0.475 e. The van der Waals surface area contributed by atoms with Crippen LogP contribution in [0.5, 0.6) is 23.0 Å². The highest BCUT2D eigenvalue weighted by molar-refractivity contribution is 7.97. The van der Waals surface area contributed by atoms with E-state index in [1.54, 1.807) is 60.7 Å². The number of benzene rings is 15. The Morgan fingerprint density at radius 2 is 0.604 bits per heavy atom. The van der Waals surface area contributed by atoms with Crippen LogP contribution in [0.3, 0.4) is 0 Å². The van der Waals surface area contributed by atoms with Crippen molar-refractivity contribution in [1.29, 1.82) is 0 Å². The summed E-state index contributed by atoms with van der Waals surface area (Å²) in [6.07, 6.45) is -10.5. The second-order valence-electron chi connectivity index (χ2n) is 31.4. The maximum atomic E-state index is 14.0. The predicted molar refractivity (Wildman–Crippen MR) is 516 cm³/mol. The van der Waals surface area contributed by atoms with E-state index in [1.165, 1.54) is 119 Å². The largest absolute Gasteiger partial charge is 0.744 e. The highest BCUT2D eigenvalue weighted by Gasteiger charge is 2.77. The Morgan fingerprint density at radius 1 is 0.331 bits per heavy atom. The number of hydrogen-bond acceptors (Lipinski definition) is 14. The van der Waals surface area contributed by atoms with Crippen LogP contribution in [0, 0.1) is 24.4 Å². The quantitative estimate of drug-likeness (QED) is 0.0134. The lowest BCUT2D eigenvalue weighted by Crippen LogP contribution is -2.59. The topological polar surface area (TPSA) is 226 Å². The first-order valence-corrected chi connectivity index (χ1v) is 51.2. The fraction of sp³-hybridized carbons (Fsp3) is 0.176. The van der Waals surface area contributed by atoms with E-state index in [9.17, 15) is 92.0 Å². The number of alkyl halides is 8. The molecule has 0 saturated heterocycles. The molecule has 0 amide bonds. The number of carbonyl (C=O) groups is 1. The summed E-state index contributed by atoms with van der Waals surface area (Å²) >= 11 is 0. The minimum absolute atomic E-state index is 0.00569. The average molecular weight is 2020 g/mol. The van der Waals surface area contributed by atoms with Crippen molar-refractivity contribution in [2.24, 2.45) is 0 Å². The molecule has 0 aliphatic rings. The molecule has 0 aliphatic heterocycles. The van der Waals surface area contributed by atoms with Crippen molar-refractivity contribution in [3.63, 3.8) is 0 Å². The first kappa shape index (κ1) is 108. The van der Waals surface area contributed by atoms with E-state index in [0.717, 1.165) is 68.3 Å². The van der Waals surface area contributed by atoms with Crippen molar-refractivity contribution in [3.05, 3.63) is 427 Å². The summed E-state index contributed by atoms with van der Waals surface area (Å²) in [7, 11) is -15.8. The van der Waals surface area contributed by atoms with Crippen LogP contribution in [0.2, 0.25) is 0 Å². The van der Waals surface area contributed by atoms with Gasteiger partial charge in [-0.2, -0.15) is 35.1 Å². The maximum Gasteiger partial charge on any atom is 0.475 e. The van der Waals surface area contributed by atoms with Gasteiger partial charge in [-0.15, -0.1) is 0 Å². The van der Waals surface area contributed by atoms with Crippen molar-refractivity contribution < 1.29 is 111 Å². The second kappa shape index (κ2) is 49.8. The molecular formula is C108H97F11O14S6. The van der Waals surface area contributed by atoms with E-state index < -0.39 is 93.4 Å². The third-order valence-electron chi connectivity index (χ3n) is 21.3. The zero-order valence-electron chi connectivity index (χ0n) is 76.0. The molecule has 0 saturated carbocycles. The number of ether oxygens (including phenoxy) is 4. The highest BCUT2D eigenvalue weighted by atomic mass is 32.2. The number of carbonyl (C=O) groups excluding carboxylic acids is 1. The molecule has 0 aliphatic carbocycles. The molecule has 3 unspecified atom stereocenters. The van der Waals surface area contributed by atoms with E-state index >= 15 is 0 Å². The van der Waals surface area contributed by atoms with Crippen LogP contribution in [0.15, 0.2) is 436 Å². The normalized spacial score (nSPS) is 12.4. The molecule has 15 aromatic rings. The van der Waals surface area contributed by atoms with Gasteiger partial charge in [0.25, 0.3) is 0 Å². The summed E-state index contributed by atoms with van der Waals surface area (Å²) in [6.45, 7) is 14.6. The Labute approximate surface area is 811 Å². The minimum atomic E-state index is -6.13. The van der Waals surface area contributed by atoms with Gasteiger partial charge in [-0.25, -0.2) is 38.4 Å². The van der Waals surface area contributed by atoms with Crippen molar-refractivity contribution in [1.82, 2.24) is 0 Å². The molecule has 0 aromatic heterocycles. The van der Waals surface area contributed by atoms with E-state index in [4.69, 9.17) is 4.74 Å². The Hall–Kier alpha value is -12.6. The lowest BCUT2D eigenvalue weighted by Gasteiger charge is -2.31. The highest BCUT2D eigenvalue weighted by Crippen LogP contribution is 2.48. The molecule has 139 heavy (non-hydrogen) atoms. The molecule has 14 nitrogen and oxygen atoms in total. The monoisotopic (exact) mass is 2020 g/mol. The van der Waals surface area contributed by atoms with Crippen LogP contribution >= 0.6 is 0 Å². The first-order valence-electron chi connectivity index (χ1n) is 43.3. The van der Waals surface area contributed by atoms with E-state index in [2.05, 4.69) is 229 Å². The molecule has 0 N–H and O–H groups in total. The third-order valence-corrected chi connectivity index (χ3v) is 30.6. The lowest BCUT2D eigenvalue weighted by molar-refractivity contribution is -0.415. The summed E-state index contributed by atoms with van der Waals surface area (Å²) in [5.74, 6) is -8.77. The fourth-order valence-electron chi connectivity index (χ4n) is 13.1.